The highest BCUT2D eigenvalue weighted by Crippen LogP contribution is 2.33. The van der Waals surface area contributed by atoms with E-state index in [0.29, 0.717) is 28.6 Å². The van der Waals surface area contributed by atoms with Crippen molar-refractivity contribution in [1.82, 2.24) is 9.88 Å². The molecule has 0 atom stereocenters. The molecule has 0 bridgehead atoms. The standard InChI is InChI=1S/C15H17N3O3/c1-18(2)15(19)12-9-11(6-7-17-12)21-14-8-10(16)4-5-13(14)20-3/h4-9H,16H2,1-3H3. The molecule has 0 aliphatic heterocycles. The molecule has 2 rings (SSSR count). The molecule has 21 heavy (non-hydrogen) atoms. The fourth-order valence-corrected chi connectivity index (χ4v) is 1.72. The molecule has 110 valence electrons. The lowest BCUT2D eigenvalue weighted by atomic mass is 10.2. The summed E-state index contributed by atoms with van der Waals surface area (Å²) < 4.78 is 11.0. The third-order valence-electron chi connectivity index (χ3n) is 2.77. The molecular weight excluding hydrogens is 270 g/mol. The van der Waals surface area contributed by atoms with Crippen molar-refractivity contribution in [2.24, 2.45) is 0 Å². The Morgan fingerprint density at radius 3 is 2.62 bits per heavy atom. The van der Waals surface area contributed by atoms with E-state index in [-0.39, 0.29) is 5.91 Å². The molecule has 0 radical (unpaired) electrons. The molecule has 6 nitrogen and oxygen atoms in total. The summed E-state index contributed by atoms with van der Waals surface area (Å²) in [5, 5.41) is 0. The maximum atomic E-state index is 11.9. The number of amides is 1. The predicted octanol–water partition coefficient (Wildman–Crippen LogP) is 2.17. The van der Waals surface area contributed by atoms with Gasteiger partial charge in [0.25, 0.3) is 5.91 Å². The molecule has 0 saturated carbocycles. The molecule has 1 heterocycles. The van der Waals surface area contributed by atoms with Crippen LogP contribution >= 0.6 is 0 Å². The molecule has 0 aliphatic carbocycles. The number of benzene rings is 1. The Kier molecular flexibility index (Phi) is 4.27. The fraction of sp³-hybridized carbons (Fsp3) is 0.200. The van der Waals surface area contributed by atoms with Crippen LogP contribution in [0.1, 0.15) is 10.5 Å². The van der Waals surface area contributed by atoms with Crippen molar-refractivity contribution in [2.45, 2.75) is 0 Å². The SMILES string of the molecule is COc1ccc(N)cc1Oc1ccnc(C(=O)N(C)C)c1. The molecular formula is C15H17N3O3. The van der Waals surface area contributed by atoms with Gasteiger partial charge in [-0.25, -0.2) is 0 Å². The van der Waals surface area contributed by atoms with E-state index in [1.54, 1.807) is 51.5 Å². The van der Waals surface area contributed by atoms with E-state index in [9.17, 15) is 4.79 Å². The number of nitrogen functional groups attached to an aromatic ring is 1. The van der Waals surface area contributed by atoms with E-state index in [0.717, 1.165) is 0 Å². The van der Waals surface area contributed by atoms with Crippen LogP contribution in [0.4, 0.5) is 5.69 Å². The van der Waals surface area contributed by atoms with Crippen LogP contribution in [0.3, 0.4) is 0 Å². The Balaban J connectivity index is 2.30. The van der Waals surface area contributed by atoms with Crippen molar-refractivity contribution in [3.63, 3.8) is 0 Å². The normalized spacial score (nSPS) is 10.0. The summed E-state index contributed by atoms with van der Waals surface area (Å²) in [6.07, 6.45) is 1.52. The molecule has 6 heteroatoms. The summed E-state index contributed by atoms with van der Waals surface area (Å²) in [5.74, 6) is 1.33. The van der Waals surface area contributed by atoms with Crippen LogP contribution in [0, 0.1) is 0 Å². The molecule has 1 aromatic carbocycles. The zero-order chi connectivity index (χ0) is 15.4. The number of carbonyl (C=O) groups excluding carboxylic acids is 1. The Bertz CT molecular complexity index is 656. The summed E-state index contributed by atoms with van der Waals surface area (Å²) in [5.41, 5.74) is 6.61. The first kappa shape index (κ1) is 14.6. The van der Waals surface area contributed by atoms with Crippen LogP contribution in [-0.2, 0) is 0 Å². The zero-order valence-electron chi connectivity index (χ0n) is 12.2. The molecule has 0 saturated heterocycles. The first-order chi connectivity index (χ1) is 10.0. The number of aromatic nitrogens is 1. The van der Waals surface area contributed by atoms with E-state index in [2.05, 4.69) is 4.98 Å². The third-order valence-corrected chi connectivity index (χ3v) is 2.77. The van der Waals surface area contributed by atoms with E-state index in [1.165, 1.54) is 11.1 Å². The number of hydrogen-bond acceptors (Lipinski definition) is 5. The quantitative estimate of drug-likeness (QED) is 0.872. The van der Waals surface area contributed by atoms with Gasteiger partial charge in [-0.1, -0.05) is 0 Å². The number of nitrogens with two attached hydrogens (primary N) is 1. The van der Waals surface area contributed by atoms with E-state index in [4.69, 9.17) is 15.2 Å². The minimum Gasteiger partial charge on any atom is -0.493 e. The second kappa shape index (κ2) is 6.13. The summed E-state index contributed by atoms with van der Waals surface area (Å²) in [7, 11) is 4.88. The summed E-state index contributed by atoms with van der Waals surface area (Å²) in [6, 6.07) is 8.34. The smallest absolute Gasteiger partial charge is 0.272 e. The molecule has 1 aromatic heterocycles. The molecule has 0 fully saturated rings. The number of ether oxygens (including phenoxy) is 2. The molecule has 2 aromatic rings. The lowest BCUT2D eigenvalue weighted by Gasteiger charge is -2.13. The Hall–Kier alpha value is -2.76. The average molecular weight is 287 g/mol. The zero-order valence-corrected chi connectivity index (χ0v) is 12.2. The monoisotopic (exact) mass is 287 g/mol. The van der Waals surface area contributed by atoms with Gasteiger partial charge >= 0.3 is 0 Å². The average Bonchev–Trinajstić information content (AvgIpc) is 2.47. The van der Waals surface area contributed by atoms with Crippen molar-refractivity contribution in [2.75, 3.05) is 26.9 Å². The predicted molar refractivity (Wildman–Crippen MR) is 79.7 cm³/mol. The lowest BCUT2D eigenvalue weighted by molar-refractivity contribution is 0.0821. The maximum Gasteiger partial charge on any atom is 0.272 e. The largest absolute Gasteiger partial charge is 0.493 e. The number of anilines is 1. The van der Waals surface area contributed by atoms with Gasteiger partial charge in [-0.3, -0.25) is 9.78 Å². The number of pyridine rings is 1. The number of hydrogen-bond donors (Lipinski definition) is 1. The fourth-order valence-electron chi connectivity index (χ4n) is 1.72. The van der Waals surface area contributed by atoms with Crippen LogP contribution in [0.2, 0.25) is 0 Å². The molecule has 0 unspecified atom stereocenters. The molecule has 0 spiro atoms. The van der Waals surface area contributed by atoms with Gasteiger partial charge in [0.2, 0.25) is 0 Å². The van der Waals surface area contributed by atoms with Gasteiger partial charge in [-0.15, -0.1) is 0 Å². The molecule has 1 amide bonds. The number of nitrogens with zero attached hydrogens (tertiary/aromatic N) is 2. The molecule has 2 N–H and O–H groups in total. The van der Waals surface area contributed by atoms with Crippen LogP contribution in [-0.4, -0.2) is 37.0 Å². The number of carbonyl (C=O) groups is 1. The summed E-state index contributed by atoms with van der Waals surface area (Å²) >= 11 is 0. The van der Waals surface area contributed by atoms with Gasteiger partial charge in [0, 0.05) is 38.1 Å². The number of methoxy groups -OCH3 is 1. The van der Waals surface area contributed by atoms with Crippen LogP contribution < -0.4 is 15.2 Å². The van der Waals surface area contributed by atoms with E-state index >= 15 is 0 Å². The van der Waals surface area contributed by atoms with Crippen molar-refractivity contribution < 1.29 is 14.3 Å². The van der Waals surface area contributed by atoms with Gasteiger partial charge in [-0.05, 0) is 18.2 Å². The van der Waals surface area contributed by atoms with Crippen molar-refractivity contribution in [3.05, 3.63) is 42.2 Å². The number of rotatable bonds is 4. The Labute approximate surface area is 123 Å². The van der Waals surface area contributed by atoms with Crippen molar-refractivity contribution in [3.8, 4) is 17.2 Å². The van der Waals surface area contributed by atoms with Gasteiger partial charge in [0.15, 0.2) is 11.5 Å². The van der Waals surface area contributed by atoms with E-state index < -0.39 is 0 Å². The third kappa shape index (κ3) is 3.42. The highest BCUT2D eigenvalue weighted by Gasteiger charge is 2.12. The van der Waals surface area contributed by atoms with Gasteiger partial charge in [0.05, 0.1) is 7.11 Å². The Morgan fingerprint density at radius 1 is 1.19 bits per heavy atom. The minimum absolute atomic E-state index is 0.194. The van der Waals surface area contributed by atoms with E-state index in [1.807, 2.05) is 0 Å². The highest BCUT2D eigenvalue weighted by atomic mass is 16.5. The molecule has 0 aliphatic rings. The van der Waals surface area contributed by atoms with Gasteiger partial charge in [0.1, 0.15) is 11.4 Å². The lowest BCUT2D eigenvalue weighted by Crippen LogP contribution is -2.22. The highest BCUT2D eigenvalue weighted by molar-refractivity contribution is 5.92. The first-order valence-corrected chi connectivity index (χ1v) is 6.30. The summed E-state index contributed by atoms with van der Waals surface area (Å²) in [4.78, 5) is 17.4. The first-order valence-electron chi connectivity index (χ1n) is 6.30. The van der Waals surface area contributed by atoms with Gasteiger partial charge < -0.3 is 20.1 Å². The van der Waals surface area contributed by atoms with Crippen molar-refractivity contribution in [1.29, 1.82) is 0 Å². The Morgan fingerprint density at radius 2 is 1.95 bits per heavy atom. The van der Waals surface area contributed by atoms with Crippen LogP contribution in [0.5, 0.6) is 17.2 Å². The topological polar surface area (TPSA) is 77.7 Å². The second-order valence-corrected chi connectivity index (χ2v) is 4.59. The van der Waals surface area contributed by atoms with Crippen LogP contribution in [0.25, 0.3) is 0 Å². The maximum absolute atomic E-state index is 11.9. The van der Waals surface area contributed by atoms with Crippen molar-refractivity contribution >= 4 is 11.6 Å². The van der Waals surface area contributed by atoms with Gasteiger partial charge in [-0.2, -0.15) is 0 Å². The second-order valence-electron chi connectivity index (χ2n) is 4.59. The minimum atomic E-state index is -0.194. The summed E-state index contributed by atoms with van der Waals surface area (Å²) in [6.45, 7) is 0. The van der Waals surface area contributed by atoms with Crippen LogP contribution in [0.15, 0.2) is 36.5 Å².